The zero-order valence-corrected chi connectivity index (χ0v) is 13.4. The number of alkyl halides is 1. The lowest BCUT2D eigenvalue weighted by atomic mass is 10.0. The largest absolute Gasteiger partial charge is 0.477 e. The molecule has 1 aromatic carbocycles. The van der Waals surface area contributed by atoms with Gasteiger partial charge in [-0.2, -0.15) is 0 Å². The summed E-state index contributed by atoms with van der Waals surface area (Å²) in [5, 5.41) is 8.98. The Morgan fingerprint density at radius 3 is 2.61 bits per heavy atom. The highest BCUT2D eigenvalue weighted by Gasteiger charge is 2.24. The molecule has 0 aliphatic heterocycles. The van der Waals surface area contributed by atoms with Crippen LogP contribution in [0.1, 0.15) is 43.1 Å². The Balaban J connectivity index is 2.94. The average Bonchev–Trinajstić information content (AvgIpc) is 2.45. The SMILES string of the molecule is CCCC(C(C)F)n1cc(C(=O)O)c(=O)c2cc(F)cc(Cl)c21. The maximum atomic E-state index is 14.0. The molecule has 0 spiro atoms. The highest BCUT2D eigenvalue weighted by Crippen LogP contribution is 2.30. The van der Waals surface area contributed by atoms with Crippen molar-refractivity contribution in [3.63, 3.8) is 0 Å². The number of carboxylic acids is 1. The fourth-order valence-electron chi connectivity index (χ4n) is 2.71. The zero-order valence-electron chi connectivity index (χ0n) is 12.6. The molecule has 0 bridgehead atoms. The van der Waals surface area contributed by atoms with Crippen molar-refractivity contribution in [2.45, 2.75) is 38.9 Å². The third-order valence-electron chi connectivity index (χ3n) is 3.75. The Kier molecular flexibility index (Phi) is 5.04. The Morgan fingerprint density at radius 2 is 2.09 bits per heavy atom. The predicted octanol–water partition coefficient (Wildman–Crippen LogP) is 4.19. The summed E-state index contributed by atoms with van der Waals surface area (Å²) in [6.07, 6.45) is 0.854. The fraction of sp³-hybridized carbons (Fsp3) is 0.375. The first-order valence-electron chi connectivity index (χ1n) is 7.19. The van der Waals surface area contributed by atoms with Crippen LogP contribution < -0.4 is 5.43 Å². The smallest absolute Gasteiger partial charge is 0.341 e. The van der Waals surface area contributed by atoms with Crippen LogP contribution in [-0.4, -0.2) is 21.8 Å². The summed E-state index contributed by atoms with van der Waals surface area (Å²) in [6.45, 7) is 3.21. The Morgan fingerprint density at radius 1 is 1.43 bits per heavy atom. The molecule has 2 rings (SSSR count). The van der Waals surface area contributed by atoms with Crippen molar-refractivity contribution < 1.29 is 18.7 Å². The van der Waals surface area contributed by atoms with Crippen molar-refractivity contribution in [1.82, 2.24) is 4.57 Å². The highest BCUT2D eigenvalue weighted by molar-refractivity contribution is 6.35. The number of benzene rings is 1. The lowest BCUT2D eigenvalue weighted by Gasteiger charge is -2.24. The molecule has 0 aliphatic carbocycles. The molecule has 1 heterocycles. The van der Waals surface area contributed by atoms with Gasteiger partial charge in [-0.25, -0.2) is 13.6 Å². The second-order valence-corrected chi connectivity index (χ2v) is 5.81. The molecule has 0 saturated heterocycles. The van der Waals surface area contributed by atoms with Crippen LogP contribution in [0.25, 0.3) is 10.9 Å². The van der Waals surface area contributed by atoms with E-state index in [0.717, 1.165) is 18.3 Å². The lowest BCUT2D eigenvalue weighted by molar-refractivity contribution is 0.0694. The van der Waals surface area contributed by atoms with Crippen molar-refractivity contribution in [3.8, 4) is 0 Å². The van der Waals surface area contributed by atoms with Crippen LogP contribution in [0.3, 0.4) is 0 Å². The Labute approximate surface area is 136 Å². The number of hydrogen-bond donors (Lipinski definition) is 1. The molecule has 0 radical (unpaired) electrons. The van der Waals surface area contributed by atoms with E-state index in [1.54, 1.807) is 0 Å². The topological polar surface area (TPSA) is 59.3 Å². The molecule has 1 N–H and O–H groups in total. The van der Waals surface area contributed by atoms with E-state index >= 15 is 0 Å². The molecule has 0 amide bonds. The van der Waals surface area contributed by atoms with Crippen LogP contribution in [0.2, 0.25) is 5.02 Å². The van der Waals surface area contributed by atoms with Gasteiger partial charge in [0.05, 0.1) is 22.0 Å². The standard InChI is InChI=1S/C16H16ClF2NO3/c1-3-4-13(8(2)18)20-7-11(16(22)23)15(21)10-5-9(19)6-12(17)14(10)20/h5-8,13H,3-4H2,1-2H3,(H,22,23). The van der Waals surface area contributed by atoms with E-state index in [4.69, 9.17) is 11.6 Å². The normalized spacial score (nSPS) is 14.0. The van der Waals surface area contributed by atoms with Crippen molar-refractivity contribution in [2.24, 2.45) is 0 Å². The van der Waals surface area contributed by atoms with Crippen molar-refractivity contribution in [3.05, 3.63) is 45.0 Å². The third-order valence-corrected chi connectivity index (χ3v) is 4.03. The van der Waals surface area contributed by atoms with Gasteiger partial charge in [-0.15, -0.1) is 0 Å². The van der Waals surface area contributed by atoms with E-state index < -0.39 is 35.0 Å². The van der Waals surface area contributed by atoms with Crippen LogP contribution in [0, 0.1) is 5.82 Å². The zero-order chi connectivity index (χ0) is 17.3. The molecular weight excluding hydrogens is 328 g/mol. The summed E-state index contributed by atoms with van der Waals surface area (Å²) in [7, 11) is 0. The minimum absolute atomic E-state index is 0.0595. The highest BCUT2D eigenvalue weighted by atomic mass is 35.5. The minimum atomic E-state index is -1.45. The summed E-state index contributed by atoms with van der Waals surface area (Å²) in [5.41, 5.74) is -1.24. The van der Waals surface area contributed by atoms with Gasteiger partial charge < -0.3 is 9.67 Å². The summed E-state index contributed by atoms with van der Waals surface area (Å²) in [5.74, 6) is -2.21. The number of carbonyl (C=O) groups is 1. The number of rotatable bonds is 5. The summed E-state index contributed by atoms with van der Waals surface area (Å²) in [6, 6.07) is 1.24. The molecule has 2 aromatic rings. The maximum absolute atomic E-state index is 14.0. The summed E-state index contributed by atoms with van der Waals surface area (Å²) >= 11 is 6.05. The van der Waals surface area contributed by atoms with E-state index in [2.05, 4.69) is 0 Å². The Bertz CT molecular complexity index is 817. The van der Waals surface area contributed by atoms with Crippen molar-refractivity contribution in [2.75, 3.05) is 0 Å². The first kappa shape index (κ1) is 17.4. The summed E-state index contributed by atoms with van der Waals surface area (Å²) < 4.78 is 29.0. The van der Waals surface area contributed by atoms with Gasteiger partial charge >= 0.3 is 5.97 Å². The number of halogens is 3. The van der Waals surface area contributed by atoms with Crippen LogP contribution in [0.4, 0.5) is 8.78 Å². The minimum Gasteiger partial charge on any atom is -0.477 e. The number of fused-ring (bicyclic) bond motifs is 1. The molecule has 1 aromatic heterocycles. The third kappa shape index (κ3) is 3.22. The van der Waals surface area contributed by atoms with Gasteiger partial charge in [-0.1, -0.05) is 24.9 Å². The van der Waals surface area contributed by atoms with Crippen LogP contribution in [0.15, 0.2) is 23.1 Å². The number of pyridine rings is 1. The maximum Gasteiger partial charge on any atom is 0.341 e. The van der Waals surface area contributed by atoms with Gasteiger partial charge in [0, 0.05) is 6.20 Å². The average molecular weight is 344 g/mol. The molecular formula is C16H16ClF2NO3. The molecule has 124 valence electrons. The van der Waals surface area contributed by atoms with Crippen LogP contribution in [0.5, 0.6) is 0 Å². The molecule has 0 fully saturated rings. The lowest BCUT2D eigenvalue weighted by Crippen LogP contribution is -2.25. The number of aromatic nitrogens is 1. The van der Waals surface area contributed by atoms with Gasteiger partial charge in [0.25, 0.3) is 0 Å². The first-order chi connectivity index (χ1) is 10.8. The molecule has 0 aliphatic rings. The molecule has 0 saturated carbocycles. The molecule has 2 atom stereocenters. The number of nitrogens with zero attached hydrogens (tertiary/aromatic N) is 1. The number of aromatic carboxylic acids is 1. The van der Waals surface area contributed by atoms with E-state index in [1.165, 1.54) is 11.5 Å². The van der Waals surface area contributed by atoms with Gasteiger partial charge in [0.1, 0.15) is 17.6 Å². The number of hydrogen-bond acceptors (Lipinski definition) is 2. The monoisotopic (exact) mass is 343 g/mol. The number of carboxylic acid groups (broad SMARTS) is 1. The van der Waals surface area contributed by atoms with E-state index in [1.807, 2.05) is 6.92 Å². The van der Waals surface area contributed by atoms with Crippen molar-refractivity contribution >= 4 is 28.5 Å². The van der Waals surface area contributed by atoms with Gasteiger partial charge in [-0.3, -0.25) is 4.79 Å². The second-order valence-electron chi connectivity index (χ2n) is 5.40. The van der Waals surface area contributed by atoms with Crippen LogP contribution >= 0.6 is 11.6 Å². The van der Waals surface area contributed by atoms with Gasteiger partial charge in [-0.05, 0) is 25.5 Å². The summed E-state index contributed by atoms with van der Waals surface area (Å²) in [4.78, 5) is 23.6. The first-order valence-corrected chi connectivity index (χ1v) is 7.57. The fourth-order valence-corrected chi connectivity index (χ4v) is 3.01. The predicted molar refractivity (Wildman–Crippen MR) is 84.7 cm³/mol. The van der Waals surface area contributed by atoms with Gasteiger partial charge in [0.2, 0.25) is 5.43 Å². The van der Waals surface area contributed by atoms with E-state index in [9.17, 15) is 23.5 Å². The Hall–Kier alpha value is -1.95. The molecule has 23 heavy (non-hydrogen) atoms. The van der Waals surface area contributed by atoms with Crippen molar-refractivity contribution in [1.29, 1.82) is 0 Å². The molecule has 7 heteroatoms. The quantitative estimate of drug-likeness (QED) is 0.885. The molecule has 4 nitrogen and oxygen atoms in total. The molecule has 2 unspecified atom stereocenters. The second kappa shape index (κ2) is 6.66. The van der Waals surface area contributed by atoms with Gasteiger partial charge in [0.15, 0.2) is 0 Å². The van der Waals surface area contributed by atoms with Crippen LogP contribution in [-0.2, 0) is 0 Å². The van der Waals surface area contributed by atoms with E-state index in [0.29, 0.717) is 12.8 Å². The van der Waals surface area contributed by atoms with E-state index in [-0.39, 0.29) is 15.9 Å².